The Morgan fingerprint density at radius 3 is 2.30 bits per heavy atom. The predicted octanol–water partition coefficient (Wildman–Crippen LogP) is 2.46. The van der Waals surface area contributed by atoms with Gasteiger partial charge in [0.05, 0.1) is 17.6 Å². The lowest BCUT2D eigenvalue weighted by Crippen LogP contribution is -2.27. The molecule has 0 unspecified atom stereocenters. The SMILES string of the molecule is CCC(CC)C(=O)Nc1ccccc1N(C)S(C)(=O)=O. The summed E-state index contributed by atoms with van der Waals surface area (Å²) >= 11 is 0. The van der Waals surface area contributed by atoms with Crippen molar-refractivity contribution < 1.29 is 13.2 Å². The van der Waals surface area contributed by atoms with E-state index in [9.17, 15) is 13.2 Å². The van der Waals surface area contributed by atoms with Crippen molar-refractivity contribution in [1.82, 2.24) is 0 Å². The summed E-state index contributed by atoms with van der Waals surface area (Å²) in [5.74, 6) is -0.143. The van der Waals surface area contributed by atoms with Crippen LogP contribution in [-0.2, 0) is 14.8 Å². The van der Waals surface area contributed by atoms with Gasteiger partial charge in [0, 0.05) is 13.0 Å². The van der Waals surface area contributed by atoms with Gasteiger partial charge in [0.2, 0.25) is 15.9 Å². The first-order valence-corrected chi connectivity index (χ1v) is 8.49. The van der Waals surface area contributed by atoms with Crippen LogP contribution in [-0.4, -0.2) is 27.6 Å². The van der Waals surface area contributed by atoms with E-state index in [1.165, 1.54) is 7.05 Å². The largest absolute Gasteiger partial charge is 0.324 e. The molecule has 0 aliphatic rings. The van der Waals surface area contributed by atoms with Crippen molar-refractivity contribution in [3.05, 3.63) is 24.3 Å². The van der Waals surface area contributed by atoms with Gasteiger partial charge >= 0.3 is 0 Å². The molecule has 0 fully saturated rings. The van der Waals surface area contributed by atoms with Gasteiger partial charge in [0.1, 0.15) is 0 Å². The Kier molecular flexibility index (Phi) is 5.56. The minimum absolute atomic E-state index is 0.0633. The average molecular weight is 298 g/mol. The topological polar surface area (TPSA) is 66.5 Å². The third-order valence-corrected chi connectivity index (χ3v) is 4.55. The number of anilines is 2. The molecular formula is C14H22N2O3S. The molecule has 5 nitrogen and oxygen atoms in total. The lowest BCUT2D eigenvalue weighted by Gasteiger charge is -2.21. The van der Waals surface area contributed by atoms with Crippen molar-refractivity contribution in [3.63, 3.8) is 0 Å². The zero-order chi connectivity index (χ0) is 15.3. The van der Waals surface area contributed by atoms with Crippen LogP contribution in [0.2, 0.25) is 0 Å². The van der Waals surface area contributed by atoms with Crippen LogP contribution in [0.1, 0.15) is 26.7 Å². The lowest BCUT2D eigenvalue weighted by atomic mass is 10.0. The van der Waals surface area contributed by atoms with E-state index in [-0.39, 0.29) is 11.8 Å². The number of sulfonamides is 1. The van der Waals surface area contributed by atoms with E-state index in [4.69, 9.17) is 0 Å². The van der Waals surface area contributed by atoms with Gasteiger partial charge in [-0.3, -0.25) is 9.10 Å². The Morgan fingerprint density at radius 1 is 1.25 bits per heavy atom. The molecule has 6 heteroatoms. The number of carbonyl (C=O) groups is 1. The van der Waals surface area contributed by atoms with Crippen LogP contribution in [0.3, 0.4) is 0 Å². The summed E-state index contributed by atoms with van der Waals surface area (Å²) < 4.78 is 24.4. The van der Waals surface area contributed by atoms with Gasteiger partial charge in [-0.05, 0) is 25.0 Å². The molecule has 0 bridgehead atoms. The monoisotopic (exact) mass is 298 g/mol. The summed E-state index contributed by atoms with van der Waals surface area (Å²) in [6, 6.07) is 6.88. The minimum atomic E-state index is -3.36. The molecule has 1 amide bonds. The van der Waals surface area contributed by atoms with Crippen molar-refractivity contribution in [1.29, 1.82) is 0 Å². The van der Waals surface area contributed by atoms with Gasteiger partial charge in [-0.1, -0.05) is 26.0 Å². The summed E-state index contributed by atoms with van der Waals surface area (Å²) in [4.78, 5) is 12.1. The highest BCUT2D eigenvalue weighted by molar-refractivity contribution is 7.92. The van der Waals surface area contributed by atoms with Crippen LogP contribution in [0.5, 0.6) is 0 Å². The summed E-state index contributed by atoms with van der Waals surface area (Å²) in [6.07, 6.45) is 2.64. The van der Waals surface area contributed by atoms with Gasteiger partial charge in [-0.25, -0.2) is 8.42 Å². The van der Waals surface area contributed by atoms with Crippen molar-refractivity contribution in [2.45, 2.75) is 26.7 Å². The van der Waals surface area contributed by atoms with Gasteiger partial charge in [0.25, 0.3) is 0 Å². The van der Waals surface area contributed by atoms with E-state index >= 15 is 0 Å². The molecule has 0 saturated carbocycles. The van der Waals surface area contributed by atoms with E-state index in [1.54, 1.807) is 24.3 Å². The third-order valence-electron chi connectivity index (χ3n) is 3.36. The number of carbonyl (C=O) groups excluding carboxylic acids is 1. The molecule has 0 aliphatic carbocycles. The quantitative estimate of drug-likeness (QED) is 0.877. The molecule has 1 aromatic rings. The van der Waals surface area contributed by atoms with E-state index in [0.717, 1.165) is 23.4 Å². The number of hydrogen-bond acceptors (Lipinski definition) is 3. The molecular weight excluding hydrogens is 276 g/mol. The maximum absolute atomic E-state index is 12.1. The fourth-order valence-electron chi connectivity index (χ4n) is 1.93. The molecule has 112 valence electrons. The highest BCUT2D eigenvalue weighted by atomic mass is 32.2. The zero-order valence-corrected chi connectivity index (χ0v) is 13.2. The molecule has 0 radical (unpaired) electrons. The van der Waals surface area contributed by atoms with Crippen LogP contribution in [0.25, 0.3) is 0 Å². The normalized spacial score (nSPS) is 11.4. The minimum Gasteiger partial charge on any atom is -0.324 e. The molecule has 1 rings (SSSR count). The number of para-hydroxylation sites is 2. The van der Waals surface area contributed by atoms with Crippen LogP contribution >= 0.6 is 0 Å². The van der Waals surface area contributed by atoms with Crippen LogP contribution in [0.4, 0.5) is 11.4 Å². The second-order valence-corrected chi connectivity index (χ2v) is 6.76. The summed E-state index contributed by atoms with van der Waals surface area (Å²) in [5, 5.41) is 2.82. The average Bonchev–Trinajstić information content (AvgIpc) is 2.39. The number of nitrogens with zero attached hydrogens (tertiary/aromatic N) is 1. The number of amides is 1. The van der Waals surface area contributed by atoms with Crippen LogP contribution in [0, 0.1) is 5.92 Å². The van der Waals surface area contributed by atoms with Crippen molar-refractivity contribution in [2.24, 2.45) is 5.92 Å². The van der Waals surface area contributed by atoms with Gasteiger partial charge in [0.15, 0.2) is 0 Å². The summed E-state index contributed by atoms with van der Waals surface area (Å²) in [6.45, 7) is 3.92. The van der Waals surface area contributed by atoms with Gasteiger partial charge in [-0.2, -0.15) is 0 Å². The van der Waals surface area contributed by atoms with E-state index < -0.39 is 10.0 Å². The number of nitrogens with one attached hydrogen (secondary N) is 1. The second-order valence-electron chi connectivity index (χ2n) is 4.75. The Balaban J connectivity index is 3.06. The van der Waals surface area contributed by atoms with Gasteiger partial charge in [-0.15, -0.1) is 0 Å². The Bertz CT molecular complexity index is 566. The zero-order valence-electron chi connectivity index (χ0n) is 12.4. The summed E-state index contributed by atoms with van der Waals surface area (Å²) in [5.41, 5.74) is 0.978. The second kappa shape index (κ2) is 6.74. The maximum Gasteiger partial charge on any atom is 0.232 e. The van der Waals surface area contributed by atoms with Crippen molar-refractivity contribution in [3.8, 4) is 0 Å². The van der Waals surface area contributed by atoms with E-state index in [1.807, 2.05) is 13.8 Å². The Hall–Kier alpha value is -1.56. The number of rotatable bonds is 6. The lowest BCUT2D eigenvalue weighted by molar-refractivity contribution is -0.120. The summed E-state index contributed by atoms with van der Waals surface area (Å²) in [7, 11) is -1.89. The smallest absolute Gasteiger partial charge is 0.232 e. The molecule has 1 aromatic carbocycles. The molecule has 0 heterocycles. The molecule has 0 saturated heterocycles. The van der Waals surface area contributed by atoms with E-state index in [2.05, 4.69) is 5.32 Å². The van der Waals surface area contributed by atoms with Gasteiger partial charge < -0.3 is 5.32 Å². The highest BCUT2D eigenvalue weighted by Gasteiger charge is 2.19. The molecule has 0 aliphatic heterocycles. The first-order valence-electron chi connectivity index (χ1n) is 6.65. The highest BCUT2D eigenvalue weighted by Crippen LogP contribution is 2.27. The first-order chi connectivity index (χ1) is 9.31. The Labute approximate surface area is 121 Å². The number of hydrogen-bond donors (Lipinski definition) is 1. The fraction of sp³-hybridized carbons (Fsp3) is 0.500. The van der Waals surface area contributed by atoms with Crippen LogP contribution < -0.4 is 9.62 Å². The molecule has 0 spiro atoms. The number of benzene rings is 1. The van der Waals surface area contributed by atoms with E-state index in [0.29, 0.717) is 11.4 Å². The van der Waals surface area contributed by atoms with Crippen molar-refractivity contribution in [2.75, 3.05) is 22.9 Å². The van der Waals surface area contributed by atoms with Crippen molar-refractivity contribution >= 4 is 27.3 Å². The molecule has 20 heavy (non-hydrogen) atoms. The van der Waals surface area contributed by atoms with Crippen LogP contribution in [0.15, 0.2) is 24.3 Å². The molecule has 0 atom stereocenters. The predicted molar refractivity (Wildman–Crippen MR) is 82.4 cm³/mol. The molecule has 1 N–H and O–H groups in total. The molecule has 0 aromatic heterocycles. The first kappa shape index (κ1) is 16.5. The third kappa shape index (κ3) is 3.96. The standard InChI is InChI=1S/C14H22N2O3S/c1-5-11(6-2)14(17)15-12-9-7-8-10-13(12)16(3)20(4,18)19/h7-11H,5-6H2,1-4H3,(H,15,17). The maximum atomic E-state index is 12.1. The fourth-order valence-corrected chi connectivity index (χ4v) is 2.44. The Morgan fingerprint density at radius 2 is 1.80 bits per heavy atom.